The van der Waals surface area contributed by atoms with Gasteiger partial charge < -0.3 is 45.5 Å². The summed E-state index contributed by atoms with van der Waals surface area (Å²) < 4.78 is 40.4. The molecule has 172 valence electrons. The molecule has 0 radical (unpaired) electrons. The van der Waals surface area contributed by atoms with Gasteiger partial charge in [-0.05, 0) is 25.7 Å². The Balaban J connectivity index is -0.000000352. The van der Waals surface area contributed by atoms with Gasteiger partial charge >= 0.3 is 29.6 Å². The molecule has 0 saturated heterocycles. The Morgan fingerprint density at radius 1 is 0.448 bits per heavy atom. The molecule has 17 heteroatoms. The van der Waals surface area contributed by atoms with Crippen molar-refractivity contribution in [1.82, 2.24) is 5.32 Å². The minimum atomic E-state index is -2.67. The Hall–Kier alpha value is -0.380. The highest BCUT2D eigenvalue weighted by Crippen LogP contribution is 2.22. The molecule has 0 aromatic heterocycles. The van der Waals surface area contributed by atoms with Crippen LogP contribution in [0.5, 0.6) is 0 Å². The van der Waals surface area contributed by atoms with Crippen LogP contribution in [0.3, 0.4) is 0 Å². The molecule has 0 bridgehead atoms. The molecule has 0 atom stereocenters. The highest BCUT2D eigenvalue weighted by Gasteiger charge is 2.19. The summed E-state index contributed by atoms with van der Waals surface area (Å²) in [5, 5.41) is 59.4. The molecule has 0 aromatic carbocycles. The van der Waals surface area contributed by atoms with E-state index in [1.807, 2.05) is 0 Å². The first-order valence-electron chi connectivity index (χ1n) is 9.15. The van der Waals surface area contributed by atoms with Crippen molar-refractivity contribution in [2.24, 2.45) is 0 Å². The van der Waals surface area contributed by atoms with E-state index in [2.05, 4.69) is 5.32 Å². The predicted octanol–water partition coefficient (Wildman–Crippen LogP) is -1.06. The normalized spacial score (nSPS) is 16.1. The van der Waals surface area contributed by atoms with E-state index in [0.717, 1.165) is 12.1 Å². The Morgan fingerprint density at radius 3 is 0.793 bits per heavy atom. The molecule has 0 unspecified atom stereocenters. The highest BCUT2D eigenvalue weighted by molar-refractivity contribution is 6.32. The van der Waals surface area contributed by atoms with Crippen LogP contribution in [0.25, 0.3) is 0 Å². The van der Waals surface area contributed by atoms with Gasteiger partial charge in [0.1, 0.15) is 0 Å². The SMILES string of the molecule is C1CCC(NC2CCCCC2)CC1.OB(O)F.OB(O)F.OB(O)F.OB(O)F. The van der Waals surface area contributed by atoms with Crippen LogP contribution < -0.4 is 5.32 Å². The fraction of sp³-hybridized carbons (Fsp3) is 1.00. The average molecular weight is 437 g/mol. The summed E-state index contributed by atoms with van der Waals surface area (Å²) in [6, 6.07) is 1.74. The molecule has 0 aliphatic heterocycles. The van der Waals surface area contributed by atoms with E-state index in [1.165, 1.54) is 64.2 Å². The lowest BCUT2D eigenvalue weighted by molar-refractivity contribution is 0.291. The van der Waals surface area contributed by atoms with Gasteiger partial charge in [-0.1, -0.05) is 38.5 Å². The zero-order chi connectivity index (χ0) is 23.2. The Morgan fingerprint density at radius 2 is 0.621 bits per heavy atom. The second kappa shape index (κ2) is 23.9. The molecule has 2 fully saturated rings. The first-order valence-corrected chi connectivity index (χ1v) is 9.15. The first kappa shape index (κ1) is 33.3. The summed E-state index contributed by atoms with van der Waals surface area (Å²) in [6.45, 7) is 0. The van der Waals surface area contributed by atoms with Crippen molar-refractivity contribution >= 4 is 29.6 Å². The molecule has 0 spiro atoms. The number of rotatable bonds is 2. The van der Waals surface area contributed by atoms with Crippen LogP contribution in [-0.2, 0) is 0 Å². The number of hydrogen-bond acceptors (Lipinski definition) is 9. The lowest BCUT2D eigenvalue weighted by Gasteiger charge is -2.30. The van der Waals surface area contributed by atoms with Crippen molar-refractivity contribution in [1.29, 1.82) is 0 Å². The molecule has 0 amide bonds. The van der Waals surface area contributed by atoms with Gasteiger partial charge in [-0.2, -0.15) is 0 Å². The summed E-state index contributed by atoms with van der Waals surface area (Å²) in [5.74, 6) is 0. The van der Waals surface area contributed by atoms with Crippen LogP contribution in [0.1, 0.15) is 64.2 Å². The van der Waals surface area contributed by atoms with E-state index in [-0.39, 0.29) is 0 Å². The third-order valence-electron chi connectivity index (χ3n) is 3.68. The van der Waals surface area contributed by atoms with Crippen molar-refractivity contribution < 1.29 is 57.5 Å². The number of nitrogens with one attached hydrogen (secondary N) is 1. The Kier molecular flexibility index (Phi) is 27.4. The van der Waals surface area contributed by atoms with Crippen LogP contribution in [0.15, 0.2) is 0 Å². The molecule has 0 aromatic rings. The molecule has 9 nitrogen and oxygen atoms in total. The minimum absolute atomic E-state index is 0.872. The van der Waals surface area contributed by atoms with E-state index in [4.69, 9.17) is 40.2 Å². The maximum atomic E-state index is 10.1. The van der Waals surface area contributed by atoms with Crippen LogP contribution in [-0.4, -0.2) is 81.9 Å². The summed E-state index contributed by atoms with van der Waals surface area (Å²) in [6.07, 6.45) is 14.6. The second-order valence-electron chi connectivity index (χ2n) is 6.08. The zero-order valence-corrected chi connectivity index (χ0v) is 16.1. The zero-order valence-electron chi connectivity index (χ0n) is 16.1. The number of hydrogen-bond donors (Lipinski definition) is 9. The third kappa shape index (κ3) is 47.1. The average Bonchev–Trinajstić information content (AvgIpc) is 2.54. The molecule has 0 heterocycles. The van der Waals surface area contributed by atoms with E-state index < -0.39 is 29.6 Å². The molecule has 29 heavy (non-hydrogen) atoms. The smallest absolute Gasteiger partial charge is 0.398 e. The third-order valence-corrected chi connectivity index (χ3v) is 3.68. The van der Waals surface area contributed by atoms with Crippen LogP contribution in [0, 0.1) is 0 Å². The largest absolute Gasteiger partial charge is 0.674 e. The fourth-order valence-electron chi connectivity index (χ4n) is 2.87. The summed E-state index contributed by atoms with van der Waals surface area (Å²) >= 11 is 0. The lowest BCUT2D eigenvalue weighted by atomic mass is 9.91. The van der Waals surface area contributed by atoms with Crippen molar-refractivity contribution in [2.75, 3.05) is 0 Å². The first-order chi connectivity index (χ1) is 13.4. The minimum Gasteiger partial charge on any atom is -0.398 e. The van der Waals surface area contributed by atoms with Crippen molar-refractivity contribution in [2.45, 2.75) is 76.3 Å². The van der Waals surface area contributed by atoms with Gasteiger partial charge in [0.2, 0.25) is 0 Å². The maximum absolute atomic E-state index is 10.1. The Bertz CT molecular complexity index is 269. The van der Waals surface area contributed by atoms with E-state index in [9.17, 15) is 17.3 Å². The molecule has 2 saturated carbocycles. The summed E-state index contributed by atoms with van der Waals surface area (Å²) in [7, 11) is -10.7. The van der Waals surface area contributed by atoms with Crippen LogP contribution >= 0.6 is 0 Å². The highest BCUT2D eigenvalue weighted by atomic mass is 19.1. The summed E-state index contributed by atoms with van der Waals surface area (Å²) in [5.41, 5.74) is 0. The molecular formula is C12H31B4F4NO8. The van der Waals surface area contributed by atoms with Crippen molar-refractivity contribution in [3.63, 3.8) is 0 Å². The second-order valence-corrected chi connectivity index (χ2v) is 6.08. The van der Waals surface area contributed by atoms with E-state index >= 15 is 0 Å². The van der Waals surface area contributed by atoms with Gasteiger partial charge in [0.15, 0.2) is 0 Å². The lowest BCUT2D eigenvalue weighted by Crippen LogP contribution is -2.40. The van der Waals surface area contributed by atoms with E-state index in [0.29, 0.717) is 0 Å². The van der Waals surface area contributed by atoms with Gasteiger partial charge in [-0.3, -0.25) is 17.3 Å². The maximum Gasteiger partial charge on any atom is 0.674 e. The van der Waals surface area contributed by atoms with Gasteiger partial charge in [-0.15, -0.1) is 0 Å². The van der Waals surface area contributed by atoms with E-state index in [1.54, 1.807) is 0 Å². The summed E-state index contributed by atoms with van der Waals surface area (Å²) in [4.78, 5) is 0. The molecule has 2 aliphatic carbocycles. The molecule has 2 rings (SSSR count). The molecular weight excluding hydrogens is 405 g/mol. The Labute approximate surface area is 169 Å². The molecule has 9 N–H and O–H groups in total. The van der Waals surface area contributed by atoms with Gasteiger partial charge in [0, 0.05) is 12.1 Å². The van der Waals surface area contributed by atoms with Crippen LogP contribution in [0.4, 0.5) is 17.3 Å². The van der Waals surface area contributed by atoms with Gasteiger partial charge in [-0.25, -0.2) is 0 Å². The monoisotopic (exact) mass is 437 g/mol. The predicted molar refractivity (Wildman–Crippen MR) is 102 cm³/mol. The van der Waals surface area contributed by atoms with Crippen LogP contribution in [0.2, 0.25) is 0 Å². The fourth-order valence-corrected chi connectivity index (χ4v) is 2.87. The van der Waals surface area contributed by atoms with Gasteiger partial charge in [0.05, 0.1) is 0 Å². The van der Waals surface area contributed by atoms with Crippen molar-refractivity contribution in [3.05, 3.63) is 0 Å². The topological polar surface area (TPSA) is 174 Å². The molecule has 2 aliphatic rings. The standard InChI is InChI=1S/C12H23N.4BFH2O2/c1-3-7-11(8-4-1)13-12-9-5-2-6-10-12;4*2-1(3)4/h11-13H,1-10H2;4*3-4H. The van der Waals surface area contributed by atoms with Gasteiger partial charge in [0.25, 0.3) is 0 Å². The quantitative estimate of drug-likeness (QED) is 0.193. The van der Waals surface area contributed by atoms with Crippen molar-refractivity contribution in [3.8, 4) is 0 Å². The number of halogens is 4.